The quantitative estimate of drug-likeness (QED) is 0.770. The Balaban J connectivity index is 1.89. The van der Waals surface area contributed by atoms with E-state index < -0.39 is 0 Å². The SMILES string of the molecule is COCCNCc1cnc(Cc2ccccc2Br)[nH]1. The smallest absolute Gasteiger partial charge is 0.110 e. The van der Waals surface area contributed by atoms with Gasteiger partial charge in [-0.25, -0.2) is 4.98 Å². The second-order valence-corrected chi connectivity index (χ2v) is 5.15. The lowest BCUT2D eigenvalue weighted by molar-refractivity contribution is 0.199. The first-order chi connectivity index (χ1) is 9.29. The number of aromatic nitrogens is 2. The van der Waals surface area contributed by atoms with Crippen LogP contribution in [0.4, 0.5) is 0 Å². The second-order valence-electron chi connectivity index (χ2n) is 4.29. The van der Waals surface area contributed by atoms with Gasteiger partial charge in [-0.15, -0.1) is 0 Å². The Labute approximate surface area is 121 Å². The molecule has 0 aliphatic carbocycles. The van der Waals surface area contributed by atoms with E-state index >= 15 is 0 Å². The van der Waals surface area contributed by atoms with Crippen LogP contribution in [0.25, 0.3) is 0 Å². The lowest BCUT2D eigenvalue weighted by Crippen LogP contribution is -2.18. The Morgan fingerprint density at radius 2 is 2.21 bits per heavy atom. The molecule has 19 heavy (non-hydrogen) atoms. The Bertz CT molecular complexity index is 513. The minimum Gasteiger partial charge on any atom is -0.383 e. The van der Waals surface area contributed by atoms with Crippen molar-refractivity contribution in [2.75, 3.05) is 20.3 Å². The van der Waals surface area contributed by atoms with Gasteiger partial charge in [0.15, 0.2) is 0 Å². The molecule has 2 rings (SSSR count). The number of nitrogens with one attached hydrogen (secondary N) is 2. The van der Waals surface area contributed by atoms with Crippen LogP contribution in [0, 0.1) is 0 Å². The van der Waals surface area contributed by atoms with E-state index in [9.17, 15) is 0 Å². The zero-order valence-corrected chi connectivity index (χ0v) is 12.5. The third-order valence-electron chi connectivity index (χ3n) is 2.80. The molecule has 1 aromatic heterocycles. The van der Waals surface area contributed by atoms with E-state index in [1.807, 2.05) is 24.4 Å². The summed E-state index contributed by atoms with van der Waals surface area (Å²) in [4.78, 5) is 7.73. The lowest BCUT2D eigenvalue weighted by atomic mass is 10.1. The lowest BCUT2D eigenvalue weighted by Gasteiger charge is -2.02. The second kappa shape index (κ2) is 7.43. The number of nitrogens with zero attached hydrogens (tertiary/aromatic N) is 1. The van der Waals surface area contributed by atoms with Crippen LogP contribution in [0.1, 0.15) is 17.1 Å². The number of methoxy groups -OCH3 is 1. The predicted octanol–water partition coefficient (Wildman–Crippen LogP) is 2.50. The Kier molecular flexibility index (Phi) is 5.57. The van der Waals surface area contributed by atoms with Gasteiger partial charge in [0.1, 0.15) is 5.82 Å². The first-order valence-corrected chi connectivity index (χ1v) is 7.04. The van der Waals surface area contributed by atoms with Crippen LogP contribution in [0.2, 0.25) is 0 Å². The van der Waals surface area contributed by atoms with E-state index in [-0.39, 0.29) is 0 Å². The Hall–Kier alpha value is -1.17. The van der Waals surface area contributed by atoms with Crippen molar-refractivity contribution >= 4 is 15.9 Å². The fourth-order valence-corrected chi connectivity index (χ4v) is 2.23. The fourth-order valence-electron chi connectivity index (χ4n) is 1.80. The van der Waals surface area contributed by atoms with Crippen molar-refractivity contribution in [3.05, 3.63) is 52.0 Å². The average molecular weight is 324 g/mol. The van der Waals surface area contributed by atoms with Crippen LogP contribution in [-0.4, -0.2) is 30.2 Å². The molecule has 0 bridgehead atoms. The van der Waals surface area contributed by atoms with Gasteiger partial charge in [0.05, 0.1) is 6.61 Å². The normalized spacial score (nSPS) is 10.8. The summed E-state index contributed by atoms with van der Waals surface area (Å²) in [5, 5.41) is 3.29. The maximum absolute atomic E-state index is 4.98. The number of halogens is 1. The third-order valence-corrected chi connectivity index (χ3v) is 3.57. The highest BCUT2D eigenvalue weighted by atomic mass is 79.9. The van der Waals surface area contributed by atoms with Crippen molar-refractivity contribution in [3.8, 4) is 0 Å². The van der Waals surface area contributed by atoms with Gasteiger partial charge in [-0.2, -0.15) is 0 Å². The zero-order valence-electron chi connectivity index (χ0n) is 10.9. The van der Waals surface area contributed by atoms with Crippen molar-refractivity contribution < 1.29 is 4.74 Å². The third kappa shape index (κ3) is 4.45. The van der Waals surface area contributed by atoms with E-state index in [1.54, 1.807) is 7.11 Å². The molecule has 2 N–H and O–H groups in total. The largest absolute Gasteiger partial charge is 0.383 e. The molecule has 0 saturated heterocycles. The summed E-state index contributed by atoms with van der Waals surface area (Å²) in [6.07, 6.45) is 2.69. The summed E-state index contributed by atoms with van der Waals surface area (Å²) < 4.78 is 6.10. The molecule has 5 heteroatoms. The van der Waals surface area contributed by atoms with E-state index in [1.165, 1.54) is 5.56 Å². The van der Waals surface area contributed by atoms with E-state index in [2.05, 4.69) is 37.3 Å². The van der Waals surface area contributed by atoms with Crippen LogP contribution in [0.3, 0.4) is 0 Å². The minimum absolute atomic E-state index is 0.720. The molecular formula is C14H18BrN3O. The standard InChI is InChI=1S/C14H18BrN3O/c1-19-7-6-16-9-12-10-17-14(18-12)8-11-4-2-3-5-13(11)15/h2-5,10,16H,6-9H2,1H3,(H,17,18). The Morgan fingerprint density at radius 1 is 1.37 bits per heavy atom. The van der Waals surface area contributed by atoms with Crippen LogP contribution >= 0.6 is 15.9 Å². The van der Waals surface area contributed by atoms with Gasteiger partial charge in [0.2, 0.25) is 0 Å². The molecule has 1 heterocycles. The van der Waals surface area contributed by atoms with Gasteiger partial charge in [-0.05, 0) is 11.6 Å². The highest BCUT2D eigenvalue weighted by Gasteiger charge is 2.04. The molecule has 0 radical (unpaired) electrons. The molecule has 2 aromatic rings. The topological polar surface area (TPSA) is 49.9 Å². The minimum atomic E-state index is 0.720. The number of imidazole rings is 1. The molecule has 1 aromatic carbocycles. The van der Waals surface area contributed by atoms with Gasteiger partial charge in [0, 0.05) is 43.0 Å². The van der Waals surface area contributed by atoms with Gasteiger partial charge in [-0.3, -0.25) is 0 Å². The summed E-state index contributed by atoms with van der Waals surface area (Å²) in [5.41, 5.74) is 2.33. The van der Waals surface area contributed by atoms with E-state index in [0.717, 1.165) is 42.1 Å². The number of ether oxygens (including phenoxy) is 1. The van der Waals surface area contributed by atoms with Crippen molar-refractivity contribution in [2.24, 2.45) is 0 Å². The molecule has 0 saturated carbocycles. The number of benzene rings is 1. The number of hydrogen-bond acceptors (Lipinski definition) is 3. The molecule has 0 unspecified atom stereocenters. The van der Waals surface area contributed by atoms with E-state index in [0.29, 0.717) is 0 Å². The molecule has 0 atom stereocenters. The number of rotatable bonds is 7. The molecule has 0 aliphatic heterocycles. The van der Waals surface area contributed by atoms with E-state index in [4.69, 9.17) is 4.74 Å². The van der Waals surface area contributed by atoms with Crippen molar-refractivity contribution in [2.45, 2.75) is 13.0 Å². The molecule has 0 amide bonds. The van der Waals surface area contributed by atoms with Gasteiger partial charge in [0.25, 0.3) is 0 Å². The first kappa shape index (κ1) is 14.2. The molecule has 4 nitrogen and oxygen atoms in total. The predicted molar refractivity (Wildman–Crippen MR) is 79.1 cm³/mol. The summed E-state index contributed by atoms with van der Waals surface area (Å²) in [6.45, 7) is 2.35. The molecular weight excluding hydrogens is 306 g/mol. The molecule has 0 spiro atoms. The summed E-state index contributed by atoms with van der Waals surface area (Å²) in [6, 6.07) is 8.20. The zero-order chi connectivity index (χ0) is 13.5. The van der Waals surface area contributed by atoms with Gasteiger partial charge in [-0.1, -0.05) is 34.1 Å². The van der Waals surface area contributed by atoms with Crippen LogP contribution in [-0.2, 0) is 17.7 Å². The summed E-state index contributed by atoms with van der Waals surface area (Å²) in [7, 11) is 1.70. The van der Waals surface area contributed by atoms with Crippen LogP contribution in [0.5, 0.6) is 0 Å². The maximum Gasteiger partial charge on any atom is 0.110 e. The van der Waals surface area contributed by atoms with Crippen LogP contribution in [0.15, 0.2) is 34.9 Å². The highest BCUT2D eigenvalue weighted by Crippen LogP contribution is 2.18. The highest BCUT2D eigenvalue weighted by molar-refractivity contribution is 9.10. The first-order valence-electron chi connectivity index (χ1n) is 6.25. The van der Waals surface area contributed by atoms with Crippen molar-refractivity contribution in [1.82, 2.24) is 15.3 Å². The van der Waals surface area contributed by atoms with Crippen LogP contribution < -0.4 is 5.32 Å². The summed E-state index contributed by atoms with van der Waals surface area (Å²) >= 11 is 3.55. The maximum atomic E-state index is 4.98. The number of hydrogen-bond donors (Lipinski definition) is 2. The number of aromatic amines is 1. The fraction of sp³-hybridized carbons (Fsp3) is 0.357. The van der Waals surface area contributed by atoms with Crippen molar-refractivity contribution in [1.29, 1.82) is 0 Å². The molecule has 0 fully saturated rings. The average Bonchev–Trinajstić information content (AvgIpc) is 2.85. The van der Waals surface area contributed by atoms with Crippen molar-refractivity contribution in [3.63, 3.8) is 0 Å². The summed E-state index contributed by atoms with van der Waals surface area (Å²) in [5.74, 6) is 0.982. The monoisotopic (exact) mass is 323 g/mol. The van der Waals surface area contributed by atoms with Gasteiger partial charge < -0.3 is 15.0 Å². The molecule has 102 valence electrons. The molecule has 0 aliphatic rings. The Morgan fingerprint density at radius 3 is 3.00 bits per heavy atom. The van der Waals surface area contributed by atoms with Gasteiger partial charge >= 0.3 is 0 Å². The number of H-pyrrole nitrogens is 1.